The van der Waals surface area contributed by atoms with Crippen LogP contribution in [0.1, 0.15) is 20.8 Å². The van der Waals surface area contributed by atoms with Crippen molar-refractivity contribution in [2.24, 2.45) is 11.1 Å². The number of fused-ring (bicyclic) bond motifs is 1. The summed E-state index contributed by atoms with van der Waals surface area (Å²) in [7, 11) is 0. The van der Waals surface area contributed by atoms with E-state index in [9.17, 15) is 4.79 Å². The molecule has 1 aromatic heterocycles. The fourth-order valence-corrected chi connectivity index (χ4v) is 1.83. The van der Waals surface area contributed by atoms with E-state index in [-0.39, 0.29) is 11.3 Å². The number of nitrogens with zero attached hydrogens (tertiary/aromatic N) is 1. The first-order chi connectivity index (χ1) is 8.89. The second-order valence-electron chi connectivity index (χ2n) is 5.74. The third-order valence-electron chi connectivity index (χ3n) is 3.16. The highest BCUT2D eigenvalue weighted by Gasteiger charge is 2.27. The fraction of sp³-hybridized carbons (Fsp3) is 0.333. The summed E-state index contributed by atoms with van der Waals surface area (Å²) >= 11 is 0. The predicted molar refractivity (Wildman–Crippen MR) is 77.8 cm³/mol. The summed E-state index contributed by atoms with van der Waals surface area (Å²) < 4.78 is 0. The van der Waals surface area contributed by atoms with Gasteiger partial charge in [-0.2, -0.15) is 0 Å². The SMILES string of the molecule is CC(C)(C)[C@@H](N)C(=O)Nc1cccc2ccncc12. The Morgan fingerprint density at radius 3 is 2.74 bits per heavy atom. The Balaban J connectivity index is 2.29. The summed E-state index contributed by atoms with van der Waals surface area (Å²) in [6.45, 7) is 5.84. The van der Waals surface area contributed by atoms with E-state index >= 15 is 0 Å². The highest BCUT2D eigenvalue weighted by atomic mass is 16.2. The smallest absolute Gasteiger partial charge is 0.241 e. The Labute approximate surface area is 113 Å². The molecule has 0 aliphatic carbocycles. The molecule has 1 heterocycles. The van der Waals surface area contributed by atoms with Gasteiger partial charge in [-0.1, -0.05) is 32.9 Å². The highest BCUT2D eigenvalue weighted by molar-refractivity contribution is 6.03. The van der Waals surface area contributed by atoms with Gasteiger partial charge in [0.1, 0.15) is 0 Å². The standard InChI is InChI=1S/C15H19N3O/c1-15(2,3)13(16)14(19)18-12-6-4-5-10-7-8-17-9-11(10)12/h4-9,13H,16H2,1-3H3,(H,18,19)/t13-/m0/s1. The number of hydrogen-bond acceptors (Lipinski definition) is 3. The van der Waals surface area contributed by atoms with Gasteiger partial charge < -0.3 is 11.1 Å². The van der Waals surface area contributed by atoms with E-state index in [1.54, 1.807) is 12.4 Å². The van der Waals surface area contributed by atoms with Crippen LogP contribution < -0.4 is 11.1 Å². The molecule has 0 aliphatic rings. The second kappa shape index (κ2) is 4.97. The van der Waals surface area contributed by atoms with Crippen LogP contribution in [-0.4, -0.2) is 16.9 Å². The summed E-state index contributed by atoms with van der Waals surface area (Å²) in [5.74, 6) is -0.177. The van der Waals surface area contributed by atoms with Crippen LogP contribution in [0.25, 0.3) is 10.8 Å². The largest absolute Gasteiger partial charge is 0.324 e. The van der Waals surface area contributed by atoms with E-state index in [2.05, 4.69) is 10.3 Å². The van der Waals surface area contributed by atoms with Gasteiger partial charge in [-0.3, -0.25) is 9.78 Å². The maximum atomic E-state index is 12.1. The average molecular weight is 257 g/mol. The van der Waals surface area contributed by atoms with E-state index in [4.69, 9.17) is 5.73 Å². The molecule has 4 heteroatoms. The molecular formula is C15H19N3O. The average Bonchev–Trinajstić information content (AvgIpc) is 2.37. The van der Waals surface area contributed by atoms with E-state index in [0.717, 1.165) is 16.5 Å². The zero-order valence-electron chi connectivity index (χ0n) is 11.5. The van der Waals surface area contributed by atoms with Crippen LogP contribution in [0.2, 0.25) is 0 Å². The molecule has 0 fully saturated rings. The minimum absolute atomic E-state index is 0.177. The number of aromatic nitrogens is 1. The van der Waals surface area contributed by atoms with Crippen LogP contribution in [0.15, 0.2) is 36.7 Å². The lowest BCUT2D eigenvalue weighted by Gasteiger charge is -2.26. The molecule has 0 saturated carbocycles. The van der Waals surface area contributed by atoms with Gasteiger partial charge in [0, 0.05) is 17.8 Å². The number of carbonyl (C=O) groups is 1. The quantitative estimate of drug-likeness (QED) is 0.868. The fourth-order valence-electron chi connectivity index (χ4n) is 1.83. The molecule has 0 radical (unpaired) electrons. The highest BCUT2D eigenvalue weighted by Crippen LogP contribution is 2.24. The Kier molecular flexibility index (Phi) is 3.53. The van der Waals surface area contributed by atoms with Crippen molar-refractivity contribution < 1.29 is 4.79 Å². The minimum Gasteiger partial charge on any atom is -0.324 e. The van der Waals surface area contributed by atoms with E-state index in [1.807, 2.05) is 45.0 Å². The van der Waals surface area contributed by atoms with Crippen molar-refractivity contribution in [2.45, 2.75) is 26.8 Å². The molecule has 3 N–H and O–H groups in total. The Bertz CT molecular complexity index is 596. The number of nitrogens with two attached hydrogens (primary N) is 1. The molecule has 0 bridgehead atoms. The maximum absolute atomic E-state index is 12.1. The van der Waals surface area contributed by atoms with Gasteiger partial charge in [-0.15, -0.1) is 0 Å². The van der Waals surface area contributed by atoms with Crippen LogP contribution in [0.4, 0.5) is 5.69 Å². The van der Waals surface area contributed by atoms with E-state index < -0.39 is 6.04 Å². The summed E-state index contributed by atoms with van der Waals surface area (Å²) in [5.41, 5.74) is 6.43. The topological polar surface area (TPSA) is 68.0 Å². The van der Waals surface area contributed by atoms with Crippen LogP contribution in [0.5, 0.6) is 0 Å². The molecule has 0 saturated heterocycles. The van der Waals surface area contributed by atoms with Crippen molar-refractivity contribution in [1.29, 1.82) is 0 Å². The predicted octanol–water partition coefficient (Wildman–Crippen LogP) is 2.55. The van der Waals surface area contributed by atoms with Crippen molar-refractivity contribution in [1.82, 2.24) is 4.98 Å². The Morgan fingerprint density at radius 1 is 1.32 bits per heavy atom. The molecule has 100 valence electrons. The van der Waals surface area contributed by atoms with Crippen molar-refractivity contribution in [2.75, 3.05) is 5.32 Å². The lowest BCUT2D eigenvalue weighted by atomic mass is 9.87. The summed E-state index contributed by atoms with van der Waals surface area (Å²) in [5, 5.41) is 4.84. The minimum atomic E-state index is -0.556. The Hall–Kier alpha value is -1.94. The summed E-state index contributed by atoms with van der Waals surface area (Å²) in [6, 6.07) is 7.10. The number of pyridine rings is 1. The van der Waals surface area contributed by atoms with Crippen LogP contribution in [-0.2, 0) is 4.79 Å². The lowest BCUT2D eigenvalue weighted by molar-refractivity contribution is -0.119. The van der Waals surface area contributed by atoms with Gasteiger partial charge in [0.2, 0.25) is 5.91 Å². The number of nitrogens with one attached hydrogen (secondary N) is 1. The summed E-state index contributed by atoms with van der Waals surface area (Å²) in [4.78, 5) is 16.2. The molecule has 1 atom stereocenters. The molecule has 2 rings (SSSR count). The molecule has 0 aliphatic heterocycles. The molecule has 1 aromatic carbocycles. The number of amides is 1. The molecular weight excluding hydrogens is 238 g/mol. The van der Waals surface area contributed by atoms with E-state index in [0.29, 0.717) is 0 Å². The van der Waals surface area contributed by atoms with Crippen LogP contribution in [0.3, 0.4) is 0 Å². The molecule has 2 aromatic rings. The number of benzene rings is 1. The second-order valence-corrected chi connectivity index (χ2v) is 5.74. The van der Waals surface area contributed by atoms with Crippen LogP contribution in [0, 0.1) is 5.41 Å². The molecule has 0 spiro atoms. The van der Waals surface area contributed by atoms with Gasteiger partial charge in [0.15, 0.2) is 0 Å². The van der Waals surface area contributed by atoms with E-state index in [1.165, 1.54) is 0 Å². The number of carbonyl (C=O) groups excluding carboxylic acids is 1. The summed E-state index contributed by atoms with van der Waals surface area (Å²) in [6.07, 6.45) is 3.47. The maximum Gasteiger partial charge on any atom is 0.241 e. The molecule has 0 unspecified atom stereocenters. The number of anilines is 1. The van der Waals surface area contributed by atoms with Crippen molar-refractivity contribution in [3.8, 4) is 0 Å². The zero-order chi connectivity index (χ0) is 14.0. The zero-order valence-corrected chi connectivity index (χ0v) is 11.5. The molecule has 4 nitrogen and oxygen atoms in total. The van der Waals surface area contributed by atoms with Gasteiger partial charge in [-0.25, -0.2) is 0 Å². The van der Waals surface area contributed by atoms with Crippen molar-refractivity contribution in [3.63, 3.8) is 0 Å². The molecule has 1 amide bonds. The van der Waals surface area contributed by atoms with Gasteiger partial charge in [0.05, 0.1) is 11.7 Å². The first-order valence-corrected chi connectivity index (χ1v) is 6.29. The first-order valence-electron chi connectivity index (χ1n) is 6.29. The first kappa shape index (κ1) is 13.5. The molecule has 19 heavy (non-hydrogen) atoms. The lowest BCUT2D eigenvalue weighted by Crippen LogP contribution is -2.45. The van der Waals surface area contributed by atoms with Crippen molar-refractivity contribution in [3.05, 3.63) is 36.7 Å². The van der Waals surface area contributed by atoms with Gasteiger partial charge in [-0.05, 0) is 22.9 Å². The van der Waals surface area contributed by atoms with Gasteiger partial charge >= 0.3 is 0 Å². The van der Waals surface area contributed by atoms with Crippen molar-refractivity contribution >= 4 is 22.4 Å². The third-order valence-corrected chi connectivity index (χ3v) is 3.16. The third kappa shape index (κ3) is 2.90. The monoisotopic (exact) mass is 257 g/mol. The number of rotatable bonds is 2. The van der Waals surface area contributed by atoms with Crippen LogP contribution >= 0.6 is 0 Å². The normalized spacial score (nSPS) is 13.3. The van der Waals surface area contributed by atoms with Gasteiger partial charge in [0.25, 0.3) is 0 Å². The number of hydrogen-bond donors (Lipinski definition) is 2. The Morgan fingerprint density at radius 2 is 2.05 bits per heavy atom.